The highest BCUT2D eigenvalue weighted by molar-refractivity contribution is 5.39. The van der Waals surface area contributed by atoms with Crippen LogP contribution in [0.25, 0.3) is 0 Å². The molecule has 1 saturated carbocycles. The first-order valence-corrected chi connectivity index (χ1v) is 4.25. The molecule has 1 aliphatic carbocycles. The summed E-state index contributed by atoms with van der Waals surface area (Å²) in [6.07, 6.45) is 2.09. The standard InChI is InChI=1S/C10H10F2O/c1-13-10-5-9(12)8(11)4-7(10)6-2-3-6/h4-6H,2-3H2,1H3. The van der Waals surface area contributed by atoms with Crippen LogP contribution >= 0.6 is 0 Å². The number of ether oxygens (including phenoxy) is 1. The highest BCUT2D eigenvalue weighted by Gasteiger charge is 2.28. The molecule has 0 saturated heterocycles. The Morgan fingerprint density at radius 3 is 2.38 bits per heavy atom. The van der Waals surface area contributed by atoms with Gasteiger partial charge in [-0.1, -0.05) is 0 Å². The molecule has 0 heterocycles. The van der Waals surface area contributed by atoms with Gasteiger partial charge in [-0.15, -0.1) is 0 Å². The highest BCUT2D eigenvalue weighted by atomic mass is 19.2. The molecule has 13 heavy (non-hydrogen) atoms. The molecule has 0 bridgehead atoms. The van der Waals surface area contributed by atoms with E-state index in [-0.39, 0.29) is 0 Å². The third-order valence-electron chi connectivity index (χ3n) is 2.29. The lowest BCUT2D eigenvalue weighted by molar-refractivity contribution is 0.401. The number of halogens is 2. The fraction of sp³-hybridized carbons (Fsp3) is 0.400. The van der Waals surface area contributed by atoms with Gasteiger partial charge in [-0.3, -0.25) is 0 Å². The zero-order valence-electron chi connectivity index (χ0n) is 7.31. The summed E-state index contributed by atoms with van der Waals surface area (Å²) in [5.74, 6) is -0.810. The van der Waals surface area contributed by atoms with Gasteiger partial charge in [0.15, 0.2) is 11.6 Å². The minimum absolute atomic E-state index is 0.366. The second-order valence-corrected chi connectivity index (χ2v) is 3.28. The van der Waals surface area contributed by atoms with Gasteiger partial charge in [0, 0.05) is 11.6 Å². The Kier molecular flexibility index (Phi) is 1.94. The second kappa shape index (κ2) is 2.98. The van der Waals surface area contributed by atoms with Crippen molar-refractivity contribution < 1.29 is 13.5 Å². The van der Waals surface area contributed by atoms with Crippen LogP contribution in [0.1, 0.15) is 24.3 Å². The smallest absolute Gasteiger partial charge is 0.162 e. The molecule has 1 aromatic carbocycles. The van der Waals surface area contributed by atoms with E-state index in [1.54, 1.807) is 0 Å². The first kappa shape index (κ1) is 8.48. The van der Waals surface area contributed by atoms with Crippen molar-refractivity contribution in [1.82, 2.24) is 0 Å². The van der Waals surface area contributed by atoms with Gasteiger partial charge in [0.2, 0.25) is 0 Å². The van der Waals surface area contributed by atoms with Gasteiger partial charge in [-0.25, -0.2) is 8.78 Å². The molecule has 0 aliphatic heterocycles. The number of methoxy groups -OCH3 is 1. The maximum Gasteiger partial charge on any atom is 0.162 e. The van der Waals surface area contributed by atoms with Crippen LogP contribution in [0.3, 0.4) is 0 Å². The Morgan fingerprint density at radius 2 is 1.85 bits per heavy atom. The lowest BCUT2D eigenvalue weighted by Gasteiger charge is -2.07. The molecule has 0 spiro atoms. The normalized spacial score (nSPS) is 15.9. The maximum absolute atomic E-state index is 12.9. The van der Waals surface area contributed by atoms with Crippen molar-refractivity contribution in [1.29, 1.82) is 0 Å². The van der Waals surface area contributed by atoms with Crippen molar-refractivity contribution in [3.8, 4) is 5.75 Å². The average Bonchev–Trinajstić information content (AvgIpc) is 2.92. The summed E-state index contributed by atoms with van der Waals surface area (Å²) in [4.78, 5) is 0. The van der Waals surface area contributed by atoms with Gasteiger partial charge < -0.3 is 4.74 Å². The van der Waals surface area contributed by atoms with Crippen molar-refractivity contribution in [3.63, 3.8) is 0 Å². The van der Waals surface area contributed by atoms with Crippen LogP contribution in [0.5, 0.6) is 5.75 Å². The van der Waals surface area contributed by atoms with Crippen molar-refractivity contribution in [2.75, 3.05) is 7.11 Å². The number of hydrogen-bond donors (Lipinski definition) is 0. The largest absolute Gasteiger partial charge is 0.496 e. The van der Waals surface area contributed by atoms with Gasteiger partial charge in [-0.2, -0.15) is 0 Å². The molecule has 0 N–H and O–H groups in total. The Morgan fingerprint density at radius 1 is 1.23 bits per heavy atom. The molecule has 1 fully saturated rings. The van der Waals surface area contributed by atoms with Crippen LogP contribution in [0.2, 0.25) is 0 Å². The molecular weight excluding hydrogens is 174 g/mol. The van der Waals surface area contributed by atoms with Crippen LogP contribution in [0.4, 0.5) is 8.78 Å². The second-order valence-electron chi connectivity index (χ2n) is 3.28. The third-order valence-corrected chi connectivity index (χ3v) is 2.29. The molecule has 1 aliphatic rings. The Labute approximate surface area is 75.3 Å². The molecule has 1 aromatic rings. The topological polar surface area (TPSA) is 9.23 Å². The lowest BCUT2D eigenvalue weighted by Crippen LogP contribution is -1.94. The van der Waals surface area contributed by atoms with E-state index < -0.39 is 11.6 Å². The molecule has 0 unspecified atom stereocenters. The van der Waals surface area contributed by atoms with Crippen molar-refractivity contribution >= 4 is 0 Å². The van der Waals surface area contributed by atoms with Gasteiger partial charge in [-0.05, 0) is 24.8 Å². The summed E-state index contributed by atoms with van der Waals surface area (Å²) in [5.41, 5.74) is 0.793. The summed E-state index contributed by atoms with van der Waals surface area (Å²) in [6, 6.07) is 2.36. The minimum atomic E-state index is -0.846. The molecule has 3 heteroatoms. The number of rotatable bonds is 2. The van der Waals surface area contributed by atoms with Crippen molar-refractivity contribution in [2.24, 2.45) is 0 Å². The van der Waals surface area contributed by atoms with E-state index in [0.29, 0.717) is 11.7 Å². The number of benzene rings is 1. The molecule has 0 radical (unpaired) electrons. The fourth-order valence-corrected chi connectivity index (χ4v) is 1.43. The molecule has 0 atom stereocenters. The third kappa shape index (κ3) is 1.50. The summed E-state index contributed by atoms with van der Waals surface area (Å²) >= 11 is 0. The minimum Gasteiger partial charge on any atom is -0.496 e. The van der Waals surface area contributed by atoms with Gasteiger partial charge >= 0.3 is 0 Å². The van der Waals surface area contributed by atoms with E-state index in [4.69, 9.17) is 4.74 Å². The van der Waals surface area contributed by atoms with Crippen LogP contribution in [0, 0.1) is 11.6 Å². The van der Waals surface area contributed by atoms with Crippen LogP contribution in [-0.4, -0.2) is 7.11 Å². The molecule has 0 amide bonds. The van der Waals surface area contributed by atoms with E-state index in [1.807, 2.05) is 0 Å². The molecule has 0 aromatic heterocycles. The summed E-state index contributed by atoms with van der Waals surface area (Å²) in [6.45, 7) is 0. The Bertz CT molecular complexity index is 332. The first-order chi connectivity index (χ1) is 6.22. The summed E-state index contributed by atoms with van der Waals surface area (Å²) in [5, 5.41) is 0. The van der Waals surface area contributed by atoms with Gasteiger partial charge in [0.1, 0.15) is 5.75 Å². The first-order valence-electron chi connectivity index (χ1n) is 4.25. The van der Waals surface area contributed by atoms with Crippen LogP contribution in [0.15, 0.2) is 12.1 Å². The zero-order chi connectivity index (χ0) is 9.42. The van der Waals surface area contributed by atoms with Crippen LogP contribution in [-0.2, 0) is 0 Å². The van der Waals surface area contributed by atoms with E-state index in [1.165, 1.54) is 13.2 Å². The average molecular weight is 184 g/mol. The van der Waals surface area contributed by atoms with Gasteiger partial charge in [0.05, 0.1) is 7.11 Å². The predicted octanol–water partition coefficient (Wildman–Crippen LogP) is 2.85. The van der Waals surface area contributed by atoms with Crippen molar-refractivity contribution in [2.45, 2.75) is 18.8 Å². The SMILES string of the molecule is COc1cc(F)c(F)cc1C1CC1. The fourth-order valence-electron chi connectivity index (χ4n) is 1.43. The maximum atomic E-state index is 12.9. The molecule has 1 nitrogen and oxygen atoms in total. The summed E-state index contributed by atoms with van der Waals surface area (Å²) in [7, 11) is 1.47. The zero-order valence-corrected chi connectivity index (χ0v) is 7.31. The van der Waals surface area contributed by atoms with Gasteiger partial charge in [0.25, 0.3) is 0 Å². The van der Waals surface area contributed by atoms with E-state index in [9.17, 15) is 8.78 Å². The van der Waals surface area contributed by atoms with E-state index in [0.717, 1.165) is 24.5 Å². The van der Waals surface area contributed by atoms with E-state index in [2.05, 4.69) is 0 Å². The lowest BCUT2D eigenvalue weighted by atomic mass is 10.1. The molecule has 70 valence electrons. The number of hydrogen-bond acceptors (Lipinski definition) is 1. The summed E-state index contributed by atoms with van der Waals surface area (Å²) < 4.78 is 30.6. The monoisotopic (exact) mass is 184 g/mol. The predicted molar refractivity (Wildman–Crippen MR) is 44.9 cm³/mol. The van der Waals surface area contributed by atoms with Crippen molar-refractivity contribution in [3.05, 3.63) is 29.3 Å². The highest BCUT2D eigenvalue weighted by Crippen LogP contribution is 2.44. The van der Waals surface area contributed by atoms with Crippen LogP contribution < -0.4 is 4.74 Å². The molecule has 2 rings (SSSR count). The van der Waals surface area contributed by atoms with E-state index >= 15 is 0 Å². The Hall–Kier alpha value is -1.12. The Balaban J connectivity index is 2.46. The quantitative estimate of drug-likeness (QED) is 0.686. The molecular formula is C10H10F2O.